The molecule has 31 heavy (non-hydrogen) atoms. The molecular formula is C24H31N5O2. The smallest absolute Gasteiger partial charge is 0.350 e. The molecule has 0 spiro atoms. The maximum atomic E-state index is 12.6. The Morgan fingerprint density at radius 1 is 0.871 bits per heavy atom. The van der Waals surface area contributed by atoms with Gasteiger partial charge >= 0.3 is 5.69 Å². The average molecular weight is 422 g/mol. The number of ether oxygens (including phenoxy) is 1. The maximum absolute atomic E-state index is 12.6. The molecule has 1 saturated heterocycles. The van der Waals surface area contributed by atoms with Gasteiger partial charge in [-0.05, 0) is 68.8 Å². The van der Waals surface area contributed by atoms with Crippen LogP contribution in [0.1, 0.15) is 33.2 Å². The third-order valence-corrected chi connectivity index (χ3v) is 5.99. The van der Waals surface area contributed by atoms with Crippen LogP contribution >= 0.6 is 0 Å². The van der Waals surface area contributed by atoms with Crippen molar-refractivity contribution in [3.8, 4) is 11.4 Å². The number of aromatic nitrogens is 3. The lowest BCUT2D eigenvalue weighted by atomic mass is 10.2. The first kappa shape index (κ1) is 21.0. The van der Waals surface area contributed by atoms with Crippen molar-refractivity contribution in [1.82, 2.24) is 14.3 Å². The second-order valence-corrected chi connectivity index (χ2v) is 7.90. The van der Waals surface area contributed by atoms with Gasteiger partial charge < -0.3 is 14.5 Å². The van der Waals surface area contributed by atoms with Gasteiger partial charge in [0.05, 0.1) is 18.3 Å². The summed E-state index contributed by atoms with van der Waals surface area (Å²) in [7, 11) is 0. The molecule has 2 aromatic carbocycles. The monoisotopic (exact) mass is 421 g/mol. The van der Waals surface area contributed by atoms with E-state index in [1.165, 1.54) is 11.4 Å². The van der Waals surface area contributed by atoms with E-state index in [1.54, 1.807) is 15.6 Å². The minimum Gasteiger partial charge on any atom is -0.494 e. The first-order valence-corrected chi connectivity index (χ1v) is 11.1. The average Bonchev–Trinajstić information content (AvgIpc) is 3.21. The molecule has 1 aromatic heterocycles. The lowest BCUT2D eigenvalue weighted by molar-refractivity contribution is 0.340. The summed E-state index contributed by atoms with van der Waals surface area (Å²) in [5.41, 5.74) is 3.16. The summed E-state index contributed by atoms with van der Waals surface area (Å²) in [6.45, 7) is 10.6. The van der Waals surface area contributed by atoms with Gasteiger partial charge in [0.1, 0.15) is 12.1 Å². The van der Waals surface area contributed by atoms with E-state index in [-0.39, 0.29) is 11.7 Å². The second-order valence-electron chi connectivity index (χ2n) is 7.90. The molecule has 0 saturated carbocycles. The summed E-state index contributed by atoms with van der Waals surface area (Å²) in [6.07, 6.45) is 2.48. The Morgan fingerprint density at radius 3 is 1.90 bits per heavy atom. The third-order valence-electron chi connectivity index (χ3n) is 5.99. The van der Waals surface area contributed by atoms with Gasteiger partial charge in [-0.3, -0.25) is 0 Å². The highest BCUT2D eigenvalue weighted by atomic mass is 16.5. The number of benzene rings is 2. The van der Waals surface area contributed by atoms with Crippen LogP contribution < -0.4 is 20.2 Å². The van der Waals surface area contributed by atoms with Gasteiger partial charge in [0, 0.05) is 37.6 Å². The predicted molar refractivity (Wildman–Crippen MR) is 125 cm³/mol. The number of anilines is 2. The van der Waals surface area contributed by atoms with Crippen LogP contribution in [-0.2, 0) is 0 Å². The van der Waals surface area contributed by atoms with Gasteiger partial charge in [0.25, 0.3) is 0 Å². The third kappa shape index (κ3) is 4.45. The van der Waals surface area contributed by atoms with Gasteiger partial charge in [0.2, 0.25) is 0 Å². The van der Waals surface area contributed by atoms with Crippen LogP contribution in [-0.4, -0.2) is 47.1 Å². The van der Waals surface area contributed by atoms with Crippen molar-refractivity contribution in [3.05, 3.63) is 65.3 Å². The molecule has 1 atom stereocenters. The standard InChI is InChI=1S/C24H31N5O2/c1-4-19(3)29-24(30)28(18-25-29)22-8-6-20(7-9-22)26-14-16-27(17-15-26)21-10-12-23(13-11-21)31-5-2/h6-13,18-19H,4-5,14-17H2,1-3H3. The zero-order valence-electron chi connectivity index (χ0n) is 18.6. The fourth-order valence-corrected chi connectivity index (χ4v) is 3.94. The van der Waals surface area contributed by atoms with Crippen molar-refractivity contribution in [1.29, 1.82) is 0 Å². The van der Waals surface area contributed by atoms with E-state index in [0.29, 0.717) is 6.61 Å². The first-order valence-electron chi connectivity index (χ1n) is 11.1. The summed E-state index contributed by atoms with van der Waals surface area (Å²) in [4.78, 5) is 17.4. The SMILES string of the molecule is CCOc1ccc(N2CCN(c3ccc(-n4cnn(C(C)CC)c4=O)cc3)CC2)cc1. The van der Waals surface area contributed by atoms with Crippen molar-refractivity contribution in [2.45, 2.75) is 33.2 Å². The van der Waals surface area contributed by atoms with Gasteiger partial charge in [0.15, 0.2) is 0 Å². The highest BCUT2D eigenvalue weighted by Gasteiger charge is 2.18. The molecule has 3 aromatic rings. The molecule has 2 heterocycles. The van der Waals surface area contributed by atoms with E-state index >= 15 is 0 Å². The van der Waals surface area contributed by atoms with Gasteiger partial charge in [-0.25, -0.2) is 14.0 Å². The molecule has 0 radical (unpaired) electrons. The molecule has 0 bridgehead atoms. The number of hydrogen-bond acceptors (Lipinski definition) is 5. The van der Waals surface area contributed by atoms with Gasteiger partial charge in [-0.15, -0.1) is 0 Å². The van der Waals surface area contributed by atoms with Crippen molar-refractivity contribution >= 4 is 11.4 Å². The normalized spacial score (nSPS) is 15.2. The molecule has 0 aliphatic carbocycles. The van der Waals surface area contributed by atoms with E-state index in [0.717, 1.165) is 44.0 Å². The Kier molecular flexibility index (Phi) is 6.30. The number of rotatable bonds is 7. The van der Waals surface area contributed by atoms with Crippen molar-refractivity contribution in [2.24, 2.45) is 0 Å². The largest absolute Gasteiger partial charge is 0.494 e. The topological polar surface area (TPSA) is 55.5 Å². The Balaban J connectivity index is 1.39. The van der Waals surface area contributed by atoms with Crippen LogP contribution in [0.15, 0.2) is 59.7 Å². The van der Waals surface area contributed by atoms with E-state index in [2.05, 4.69) is 46.1 Å². The lowest BCUT2D eigenvalue weighted by Crippen LogP contribution is -2.46. The predicted octanol–water partition coefficient (Wildman–Crippen LogP) is 3.73. The van der Waals surface area contributed by atoms with Gasteiger partial charge in [-0.1, -0.05) is 6.92 Å². The quantitative estimate of drug-likeness (QED) is 0.582. The van der Waals surface area contributed by atoms with Crippen LogP contribution in [0, 0.1) is 0 Å². The zero-order chi connectivity index (χ0) is 21.8. The summed E-state index contributed by atoms with van der Waals surface area (Å²) < 4.78 is 8.70. The molecule has 7 heteroatoms. The van der Waals surface area contributed by atoms with Crippen LogP contribution in [0.3, 0.4) is 0 Å². The van der Waals surface area contributed by atoms with Gasteiger partial charge in [-0.2, -0.15) is 5.10 Å². The van der Waals surface area contributed by atoms with Crippen LogP contribution in [0.25, 0.3) is 5.69 Å². The minimum absolute atomic E-state index is 0.0916. The summed E-state index contributed by atoms with van der Waals surface area (Å²) in [5.74, 6) is 0.916. The molecule has 164 valence electrons. The summed E-state index contributed by atoms with van der Waals surface area (Å²) in [5, 5.41) is 4.27. The Hall–Kier alpha value is -3.22. The molecule has 1 unspecified atom stereocenters. The molecule has 1 aliphatic heterocycles. The molecule has 4 rings (SSSR count). The fourth-order valence-electron chi connectivity index (χ4n) is 3.94. The van der Waals surface area contributed by atoms with Crippen molar-refractivity contribution < 1.29 is 4.74 Å². The molecule has 0 amide bonds. The second kappa shape index (κ2) is 9.29. The van der Waals surface area contributed by atoms with Crippen LogP contribution in [0.2, 0.25) is 0 Å². The Morgan fingerprint density at radius 2 is 1.39 bits per heavy atom. The Labute approximate surface area is 183 Å². The highest BCUT2D eigenvalue weighted by molar-refractivity contribution is 5.54. The van der Waals surface area contributed by atoms with Crippen molar-refractivity contribution in [3.63, 3.8) is 0 Å². The summed E-state index contributed by atoms with van der Waals surface area (Å²) >= 11 is 0. The summed E-state index contributed by atoms with van der Waals surface area (Å²) in [6, 6.07) is 16.6. The number of nitrogens with zero attached hydrogens (tertiary/aromatic N) is 5. The maximum Gasteiger partial charge on any atom is 0.350 e. The van der Waals surface area contributed by atoms with Crippen LogP contribution in [0.4, 0.5) is 11.4 Å². The highest BCUT2D eigenvalue weighted by Crippen LogP contribution is 2.23. The van der Waals surface area contributed by atoms with E-state index in [1.807, 2.05) is 38.1 Å². The fraction of sp³-hybridized carbons (Fsp3) is 0.417. The zero-order valence-corrected chi connectivity index (χ0v) is 18.6. The Bertz CT molecular complexity index is 1030. The molecular weight excluding hydrogens is 390 g/mol. The lowest BCUT2D eigenvalue weighted by Gasteiger charge is -2.37. The van der Waals surface area contributed by atoms with E-state index in [4.69, 9.17) is 4.74 Å². The minimum atomic E-state index is -0.0916. The first-order chi connectivity index (χ1) is 15.1. The number of piperazine rings is 1. The molecule has 0 N–H and O–H groups in total. The molecule has 1 aliphatic rings. The molecule has 1 fully saturated rings. The van der Waals surface area contributed by atoms with E-state index < -0.39 is 0 Å². The number of hydrogen-bond donors (Lipinski definition) is 0. The van der Waals surface area contributed by atoms with Crippen LogP contribution in [0.5, 0.6) is 5.75 Å². The van der Waals surface area contributed by atoms with Crippen molar-refractivity contribution in [2.75, 3.05) is 42.6 Å². The molecule has 7 nitrogen and oxygen atoms in total. The van der Waals surface area contributed by atoms with E-state index in [9.17, 15) is 4.79 Å².